The summed E-state index contributed by atoms with van der Waals surface area (Å²) in [7, 11) is 0. The molecule has 94 valence electrons. The topological polar surface area (TPSA) is 44.0 Å². The molecule has 0 aromatic heterocycles. The smallest absolute Gasteiger partial charge is 0.0662 e. The van der Waals surface area contributed by atoms with E-state index in [1.165, 1.54) is 32.1 Å². The van der Waals surface area contributed by atoms with Crippen LogP contribution < -0.4 is 0 Å². The van der Waals surface area contributed by atoms with Crippen LogP contribution in [0.1, 0.15) is 51.9 Å². The van der Waals surface area contributed by atoms with Crippen molar-refractivity contribution in [1.29, 1.82) is 5.26 Å². The molecule has 4 aliphatic rings. The molecule has 0 saturated heterocycles. The molecule has 0 aromatic carbocycles. The molecule has 0 aliphatic heterocycles. The van der Waals surface area contributed by atoms with Crippen LogP contribution in [0.25, 0.3) is 0 Å². The Balaban J connectivity index is 1.77. The Hall–Kier alpha value is -0.550. The lowest BCUT2D eigenvalue weighted by molar-refractivity contribution is -0.137. The van der Waals surface area contributed by atoms with Crippen molar-refractivity contribution in [3.8, 4) is 6.07 Å². The lowest BCUT2D eigenvalue weighted by Crippen LogP contribution is -2.53. The van der Waals surface area contributed by atoms with E-state index in [9.17, 15) is 5.11 Å². The summed E-state index contributed by atoms with van der Waals surface area (Å²) in [5.74, 6) is 3.89. The molecule has 0 spiro atoms. The molecule has 1 unspecified atom stereocenters. The van der Waals surface area contributed by atoms with Gasteiger partial charge in [-0.05, 0) is 75.0 Å². The number of nitrogens with zero attached hydrogens (tertiary/aromatic N) is 1. The average Bonchev–Trinajstić information content (AvgIpc) is 2.24. The van der Waals surface area contributed by atoms with Crippen LogP contribution in [0, 0.1) is 40.9 Å². The first-order valence-electron chi connectivity index (χ1n) is 7.19. The van der Waals surface area contributed by atoms with Crippen LogP contribution in [0.3, 0.4) is 0 Å². The summed E-state index contributed by atoms with van der Waals surface area (Å²) in [4.78, 5) is 0. The van der Waals surface area contributed by atoms with E-state index in [-0.39, 0.29) is 0 Å². The van der Waals surface area contributed by atoms with Gasteiger partial charge in [-0.1, -0.05) is 0 Å². The number of aliphatic hydroxyl groups is 1. The van der Waals surface area contributed by atoms with Crippen molar-refractivity contribution in [3.63, 3.8) is 0 Å². The van der Waals surface area contributed by atoms with Gasteiger partial charge in [-0.25, -0.2) is 0 Å². The van der Waals surface area contributed by atoms with E-state index in [4.69, 9.17) is 5.26 Å². The Morgan fingerprint density at radius 3 is 2.12 bits per heavy atom. The first kappa shape index (κ1) is 11.5. The molecule has 4 rings (SSSR count). The van der Waals surface area contributed by atoms with Crippen LogP contribution in [-0.4, -0.2) is 10.7 Å². The highest BCUT2D eigenvalue weighted by atomic mass is 16.3. The van der Waals surface area contributed by atoms with Crippen molar-refractivity contribution in [2.45, 2.75) is 57.5 Å². The summed E-state index contributed by atoms with van der Waals surface area (Å²) < 4.78 is 0. The van der Waals surface area contributed by atoms with Crippen LogP contribution in [0.2, 0.25) is 0 Å². The van der Waals surface area contributed by atoms with Crippen LogP contribution in [0.4, 0.5) is 0 Å². The summed E-state index contributed by atoms with van der Waals surface area (Å²) in [6, 6.07) is 2.19. The van der Waals surface area contributed by atoms with E-state index in [2.05, 4.69) is 6.07 Å². The molecule has 4 bridgehead atoms. The first-order valence-corrected chi connectivity index (χ1v) is 7.19. The Kier molecular flexibility index (Phi) is 2.70. The zero-order valence-corrected chi connectivity index (χ0v) is 10.7. The van der Waals surface area contributed by atoms with Crippen LogP contribution in [0.5, 0.6) is 0 Å². The minimum Gasteiger partial charge on any atom is -0.390 e. The van der Waals surface area contributed by atoms with Gasteiger partial charge in [0.25, 0.3) is 0 Å². The van der Waals surface area contributed by atoms with Gasteiger partial charge in [-0.3, -0.25) is 0 Å². The van der Waals surface area contributed by atoms with Crippen molar-refractivity contribution < 1.29 is 5.11 Å². The molecule has 4 fully saturated rings. The van der Waals surface area contributed by atoms with Gasteiger partial charge in [0.1, 0.15) is 0 Å². The fourth-order valence-corrected chi connectivity index (χ4v) is 5.42. The maximum atomic E-state index is 10.7. The number of hydrogen-bond acceptors (Lipinski definition) is 2. The molecule has 1 N–H and O–H groups in total. The van der Waals surface area contributed by atoms with E-state index in [1.807, 2.05) is 6.92 Å². The maximum Gasteiger partial charge on any atom is 0.0662 e. The minimum absolute atomic E-state index is 0.476. The highest BCUT2D eigenvalue weighted by Crippen LogP contribution is 2.59. The molecule has 0 aromatic rings. The zero-order valence-electron chi connectivity index (χ0n) is 10.7. The highest BCUT2D eigenvalue weighted by molar-refractivity contribution is 5.04. The van der Waals surface area contributed by atoms with Gasteiger partial charge >= 0.3 is 0 Å². The van der Waals surface area contributed by atoms with E-state index in [0.717, 1.165) is 23.7 Å². The summed E-state index contributed by atoms with van der Waals surface area (Å²) in [5, 5.41) is 19.4. The van der Waals surface area contributed by atoms with Crippen LogP contribution >= 0.6 is 0 Å². The quantitative estimate of drug-likeness (QED) is 0.814. The Morgan fingerprint density at radius 2 is 1.65 bits per heavy atom. The van der Waals surface area contributed by atoms with Crippen LogP contribution in [-0.2, 0) is 0 Å². The minimum atomic E-state index is -0.599. The number of rotatable bonds is 3. The molecule has 2 heteroatoms. The Morgan fingerprint density at radius 1 is 1.12 bits per heavy atom. The van der Waals surface area contributed by atoms with Crippen molar-refractivity contribution >= 4 is 0 Å². The predicted octanol–water partition coefficient (Wildman–Crippen LogP) is 3.11. The molecule has 1 atom stereocenters. The van der Waals surface area contributed by atoms with Gasteiger partial charge in [0, 0.05) is 6.42 Å². The molecule has 2 nitrogen and oxygen atoms in total. The van der Waals surface area contributed by atoms with Gasteiger partial charge in [-0.2, -0.15) is 5.26 Å². The largest absolute Gasteiger partial charge is 0.390 e. The van der Waals surface area contributed by atoms with Gasteiger partial charge < -0.3 is 5.11 Å². The Bertz CT molecular complexity index is 313. The summed E-state index contributed by atoms with van der Waals surface area (Å²) >= 11 is 0. The fraction of sp³-hybridized carbons (Fsp3) is 0.933. The lowest BCUT2D eigenvalue weighted by Gasteiger charge is -2.58. The van der Waals surface area contributed by atoms with Crippen molar-refractivity contribution in [2.24, 2.45) is 29.6 Å². The molecule has 0 amide bonds. The lowest BCUT2D eigenvalue weighted by atomic mass is 9.48. The van der Waals surface area contributed by atoms with Crippen molar-refractivity contribution in [2.75, 3.05) is 0 Å². The second-order valence-electron chi connectivity index (χ2n) is 6.97. The van der Waals surface area contributed by atoms with Gasteiger partial charge in [0.2, 0.25) is 0 Å². The number of nitriles is 1. The molecule has 4 aliphatic carbocycles. The molecule has 0 radical (unpaired) electrons. The van der Waals surface area contributed by atoms with E-state index < -0.39 is 5.60 Å². The predicted molar refractivity (Wildman–Crippen MR) is 66.0 cm³/mol. The van der Waals surface area contributed by atoms with E-state index in [0.29, 0.717) is 18.8 Å². The van der Waals surface area contributed by atoms with E-state index >= 15 is 0 Å². The summed E-state index contributed by atoms with van der Waals surface area (Å²) in [6.45, 7) is 1.98. The van der Waals surface area contributed by atoms with E-state index in [1.54, 1.807) is 0 Å². The van der Waals surface area contributed by atoms with Crippen LogP contribution in [0.15, 0.2) is 0 Å². The standard InChI is InChI=1S/C15H23NO/c1-15(17,3-2-4-16)14-12-6-10-5-11(8-12)9-13(14)7-10/h10-14,17H,2-3,5-9H2,1H3. The SMILES string of the molecule is CC(O)(CCC#N)C1C2CC3CC(C2)CC1C3. The van der Waals surface area contributed by atoms with Gasteiger partial charge in [0.05, 0.1) is 11.7 Å². The highest BCUT2D eigenvalue weighted by Gasteiger charge is 2.53. The number of hydrogen-bond donors (Lipinski definition) is 1. The maximum absolute atomic E-state index is 10.7. The first-order chi connectivity index (χ1) is 8.10. The summed E-state index contributed by atoms with van der Waals surface area (Å²) in [6.07, 6.45) is 8.01. The third kappa shape index (κ3) is 1.89. The monoisotopic (exact) mass is 233 g/mol. The van der Waals surface area contributed by atoms with Crippen molar-refractivity contribution in [1.82, 2.24) is 0 Å². The molecule has 4 saturated carbocycles. The molecular weight excluding hydrogens is 210 g/mol. The van der Waals surface area contributed by atoms with Crippen molar-refractivity contribution in [3.05, 3.63) is 0 Å². The molecular formula is C15H23NO. The Labute approximate surface area is 104 Å². The third-order valence-electron chi connectivity index (χ3n) is 5.69. The average molecular weight is 233 g/mol. The summed E-state index contributed by atoms with van der Waals surface area (Å²) in [5.41, 5.74) is -0.599. The molecule has 17 heavy (non-hydrogen) atoms. The van der Waals surface area contributed by atoms with Gasteiger partial charge in [-0.15, -0.1) is 0 Å². The normalized spacial score (nSPS) is 46.5. The second-order valence-corrected chi connectivity index (χ2v) is 6.97. The zero-order chi connectivity index (χ0) is 12.0. The fourth-order valence-electron chi connectivity index (χ4n) is 5.42. The second kappa shape index (κ2) is 3.99. The van der Waals surface area contributed by atoms with Gasteiger partial charge in [0.15, 0.2) is 0 Å². The molecule has 0 heterocycles. The third-order valence-corrected chi connectivity index (χ3v) is 5.69.